The summed E-state index contributed by atoms with van der Waals surface area (Å²) in [4.78, 5) is 2.48. The molecule has 3 rings (SSSR count). The van der Waals surface area contributed by atoms with Crippen molar-refractivity contribution in [1.29, 1.82) is 0 Å². The molecule has 1 aromatic carbocycles. The highest BCUT2D eigenvalue weighted by Gasteiger charge is 2.42. The van der Waals surface area contributed by atoms with Crippen LogP contribution in [0.15, 0.2) is 18.2 Å². The van der Waals surface area contributed by atoms with E-state index in [-0.39, 0.29) is 0 Å². The molecule has 0 aromatic heterocycles. The molecule has 1 aliphatic heterocycles. The minimum atomic E-state index is 0.539. The second-order valence-electron chi connectivity index (χ2n) is 5.41. The summed E-state index contributed by atoms with van der Waals surface area (Å²) in [6.07, 6.45) is 4.15. The Bertz CT molecular complexity index is 432. The molecule has 3 unspecified atom stereocenters. The Labute approximate surface area is 113 Å². The quantitative estimate of drug-likeness (QED) is 0.731. The molecule has 1 heterocycles. The molecule has 1 nitrogen and oxygen atoms in total. The summed E-state index contributed by atoms with van der Waals surface area (Å²) in [5.41, 5.74) is 1.33. The standard InChI is InChI=1S/C14H17Cl2N/c1-17-8-10-3-2-4-11(10)14(17)9-5-6-12(15)13(16)7-9/h5-7,10-11,14H,2-4,8H2,1H3. The second-order valence-corrected chi connectivity index (χ2v) is 6.23. The first-order valence-corrected chi connectivity index (χ1v) is 7.07. The number of fused-ring (bicyclic) bond motifs is 1. The number of nitrogens with zero attached hydrogens (tertiary/aromatic N) is 1. The average Bonchev–Trinajstić information content (AvgIpc) is 2.82. The molecule has 1 saturated carbocycles. The first kappa shape index (κ1) is 11.8. The summed E-state index contributed by atoms with van der Waals surface area (Å²) in [6, 6.07) is 6.65. The first-order chi connectivity index (χ1) is 8.16. The molecule has 1 saturated heterocycles. The third kappa shape index (κ3) is 1.99. The number of hydrogen-bond acceptors (Lipinski definition) is 1. The van der Waals surface area contributed by atoms with Crippen molar-refractivity contribution in [3.05, 3.63) is 33.8 Å². The Hall–Kier alpha value is -0.240. The van der Waals surface area contributed by atoms with Crippen LogP contribution in [0.25, 0.3) is 0 Å². The molecular formula is C14H17Cl2N. The van der Waals surface area contributed by atoms with E-state index in [0.29, 0.717) is 16.1 Å². The lowest BCUT2D eigenvalue weighted by atomic mass is 9.89. The van der Waals surface area contributed by atoms with Gasteiger partial charge in [-0.05, 0) is 49.4 Å². The van der Waals surface area contributed by atoms with Gasteiger partial charge in [0, 0.05) is 12.6 Å². The number of rotatable bonds is 1. The van der Waals surface area contributed by atoms with Gasteiger partial charge < -0.3 is 0 Å². The molecule has 3 heteroatoms. The van der Waals surface area contributed by atoms with Crippen molar-refractivity contribution < 1.29 is 0 Å². The third-order valence-corrected chi connectivity index (χ3v) is 5.14. The second kappa shape index (κ2) is 4.46. The highest BCUT2D eigenvalue weighted by molar-refractivity contribution is 6.42. The van der Waals surface area contributed by atoms with Gasteiger partial charge in [0.25, 0.3) is 0 Å². The van der Waals surface area contributed by atoms with E-state index in [1.807, 2.05) is 12.1 Å². The van der Waals surface area contributed by atoms with E-state index in [9.17, 15) is 0 Å². The van der Waals surface area contributed by atoms with E-state index < -0.39 is 0 Å². The number of benzene rings is 1. The minimum Gasteiger partial charge on any atom is -0.299 e. The maximum absolute atomic E-state index is 6.13. The summed E-state index contributed by atoms with van der Waals surface area (Å²) in [5.74, 6) is 1.71. The van der Waals surface area contributed by atoms with Gasteiger partial charge in [-0.15, -0.1) is 0 Å². The van der Waals surface area contributed by atoms with Crippen LogP contribution < -0.4 is 0 Å². The number of halogens is 2. The number of likely N-dealkylation sites (tertiary alicyclic amines) is 1. The van der Waals surface area contributed by atoms with Crippen LogP contribution in [0.3, 0.4) is 0 Å². The van der Waals surface area contributed by atoms with Gasteiger partial charge in [0.15, 0.2) is 0 Å². The zero-order valence-electron chi connectivity index (χ0n) is 10.00. The molecule has 2 aliphatic rings. The van der Waals surface area contributed by atoms with Crippen LogP contribution in [-0.4, -0.2) is 18.5 Å². The Kier molecular flexibility index (Phi) is 3.10. The van der Waals surface area contributed by atoms with E-state index in [0.717, 1.165) is 11.8 Å². The molecule has 1 aliphatic carbocycles. The fourth-order valence-electron chi connectivity index (χ4n) is 3.72. The van der Waals surface area contributed by atoms with Crippen molar-refractivity contribution >= 4 is 23.2 Å². The zero-order valence-corrected chi connectivity index (χ0v) is 11.5. The van der Waals surface area contributed by atoms with Gasteiger partial charge in [0.05, 0.1) is 10.0 Å². The molecule has 0 amide bonds. The Balaban J connectivity index is 1.94. The van der Waals surface area contributed by atoms with Crippen LogP contribution in [0.4, 0.5) is 0 Å². The average molecular weight is 270 g/mol. The summed E-state index contributed by atoms with van der Waals surface area (Å²) in [5, 5.41) is 1.33. The SMILES string of the molecule is CN1CC2CCCC2C1c1ccc(Cl)c(Cl)c1. The predicted octanol–water partition coefficient (Wildman–Crippen LogP) is 4.40. The van der Waals surface area contributed by atoms with Crippen LogP contribution >= 0.6 is 23.2 Å². The van der Waals surface area contributed by atoms with E-state index in [1.165, 1.54) is 31.4 Å². The highest BCUT2D eigenvalue weighted by atomic mass is 35.5. The third-order valence-electron chi connectivity index (χ3n) is 4.41. The van der Waals surface area contributed by atoms with Crippen molar-refractivity contribution in [3.63, 3.8) is 0 Å². The van der Waals surface area contributed by atoms with Gasteiger partial charge in [-0.3, -0.25) is 4.90 Å². The van der Waals surface area contributed by atoms with E-state index >= 15 is 0 Å². The van der Waals surface area contributed by atoms with E-state index in [2.05, 4.69) is 18.0 Å². The molecule has 0 bridgehead atoms. The Morgan fingerprint density at radius 2 is 2.00 bits per heavy atom. The summed E-state index contributed by atoms with van der Waals surface area (Å²) in [6.45, 7) is 1.23. The topological polar surface area (TPSA) is 3.24 Å². The minimum absolute atomic E-state index is 0.539. The lowest BCUT2D eigenvalue weighted by molar-refractivity contribution is 0.271. The monoisotopic (exact) mass is 269 g/mol. The largest absolute Gasteiger partial charge is 0.299 e. The van der Waals surface area contributed by atoms with Crippen molar-refractivity contribution in [2.45, 2.75) is 25.3 Å². The smallest absolute Gasteiger partial charge is 0.0595 e. The molecule has 3 atom stereocenters. The predicted molar refractivity (Wildman–Crippen MR) is 72.7 cm³/mol. The summed E-state index contributed by atoms with van der Waals surface area (Å²) >= 11 is 12.1. The normalized spacial score (nSPS) is 33.0. The highest BCUT2D eigenvalue weighted by Crippen LogP contribution is 2.49. The fourth-order valence-corrected chi connectivity index (χ4v) is 4.02. The van der Waals surface area contributed by atoms with Gasteiger partial charge in [-0.1, -0.05) is 35.7 Å². The van der Waals surface area contributed by atoms with Crippen LogP contribution in [0, 0.1) is 11.8 Å². The van der Waals surface area contributed by atoms with Crippen LogP contribution in [0.1, 0.15) is 30.9 Å². The van der Waals surface area contributed by atoms with Gasteiger partial charge in [0.1, 0.15) is 0 Å². The van der Waals surface area contributed by atoms with Crippen LogP contribution in [0.2, 0.25) is 10.0 Å². The lowest BCUT2D eigenvalue weighted by Gasteiger charge is -2.25. The molecule has 17 heavy (non-hydrogen) atoms. The van der Waals surface area contributed by atoms with Crippen molar-refractivity contribution in [2.75, 3.05) is 13.6 Å². The fraction of sp³-hybridized carbons (Fsp3) is 0.571. The van der Waals surface area contributed by atoms with E-state index in [1.54, 1.807) is 0 Å². The summed E-state index contributed by atoms with van der Waals surface area (Å²) < 4.78 is 0. The lowest BCUT2D eigenvalue weighted by Crippen LogP contribution is -2.21. The molecule has 2 fully saturated rings. The van der Waals surface area contributed by atoms with E-state index in [4.69, 9.17) is 23.2 Å². The van der Waals surface area contributed by atoms with Crippen LogP contribution in [0.5, 0.6) is 0 Å². The van der Waals surface area contributed by atoms with Crippen molar-refractivity contribution in [3.8, 4) is 0 Å². The van der Waals surface area contributed by atoms with Gasteiger partial charge in [0.2, 0.25) is 0 Å². The summed E-state index contributed by atoms with van der Waals surface area (Å²) in [7, 11) is 2.23. The molecule has 0 spiro atoms. The molecule has 0 radical (unpaired) electrons. The van der Waals surface area contributed by atoms with Gasteiger partial charge in [-0.2, -0.15) is 0 Å². The Morgan fingerprint density at radius 3 is 2.76 bits per heavy atom. The molecule has 0 N–H and O–H groups in total. The Morgan fingerprint density at radius 1 is 1.18 bits per heavy atom. The van der Waals surface area contributed by atoms with Crippen molar-refractivity contribution in [2.24, 2.45) is 11.8 Å². The molecule has 92 valence electrons. The maximum atomic E-state index is 6.13. The zero-order chi connectivity index (χ0) is 12.0. The number of hydrogen-bond donors (Lipinski definition) is 0. The molecule has 1 aromatic rings. The van der Waals surface area contributed by atoms with Crippen LogP contribution in [-0.2, 0) is 0 Å². The first-order valence-electron chi connectivity index (χ1n) is 6.32. The molecular weight excluding hydrogens is 253 g/mol. The maximum Gasteiger partial charge on any atom is 0.0595 e. The van der Waals surface area contributed by atoms with Gasteiger partial charge >= 0.3 is 0 Å². The van der Waals surface area contributed by atoms with Crippen molar-refractivity contribution in [1.82, 2.24) is 4.90 Å². The van der Waals surface area contributed by atoms with Gasteiger partial charge in [-0.25, -0.2) is 0 Å².